The van der Waals surface area contributed by atoms with Crippen molar-refractivity contribution in [3.63, 3.8) is 0 Å². The molecule has 0 heterocycles. The van der Waals surface area contributed by atoms with Gasteiger partial charge in [0.15, 0.2) is 0 Å². The number of nitriles is 1. The molecule has 0 aliphatic heterocycles. The van der Waals surface area contributed by atoms with Crippen molar-refractivity contribution in [3.05, 3.63) is 95.1 Å². The van der Waals surface area contributed by atoms with Crippen LogP contribution in [-0.4, -0.2) is 41.8 Å². The minimum atomic E-state index is -1.12. The number of benzene rings is 3. The molecular formula is C26H22N2O4. The summed E-state index contributed by atoms with van der Waals surface area (Å²) in [6, 6.07) is 23.7. The van der Waals surface area contributed by atoms with E-state index in [-0.39, 0.29) is 18.9 Å². The molecule has 1 N–H and O–H groups in total. The summed E-state index contributed by atoms with van der Waals surface area (Å²) in [4.78, 5) is 25.7. The smallest absolute Gasteiger partial charge is 0.410 e. The maximum absolute atomic E-state index is 12.8. The lowest BCUT2D eigenvalue weighted by atomic mass is 9.98. The van der Waals surface area contributed by atoms with Gasteiger partial charge in [-0.3, -0.25) is 4.90 Å². The Morgan fingerprint density at radius 2 is 1.56 bits per heavy atom. The highest BCUT2D eigenvalue weighted by Crippen LogP contribution is 2.44. The Labute approximate surface area is 186 Å². The Bertz CT molecular complexity index is 1150. The molecule has 6 nitrogen and oxygen atoms in total. The summed E-state index contributed by atoms with van der Waals surface area (Å²) < 4.78 is 5.59. The van der Waals surface area contributed by atoms with Crippen LogP contribution in [0.2, 0.25) is 0 Å². The number of hydrogen-bond acceptors (Lipinski definition) is 4. The third kappa shape index (κ3) is 4.06. The van der Waals surface area contributed by atoms with Crippen LogP contribution in [0.3, 0.4) is 0 Å². The molecule has 0 saturated heterocycles. The van der Waals surface area contributed by atoms with Crippen molar-refractivity contribution in [1.29, 1.82) is 5.26 Å². The van der Waals surface area contributed by atoms with Crippen molar-refractivity contribution in [1.82, 2.24) is 4.90 Å². The van der Waals surface area contributed by atoms with Crippen LogP contribution in [0.25, 0.3) is 11.1 Å². The zero-order chi connectivity index (χ0) is 22.7. The van der Waals surface area contributed by atoms with Crippen molar-refractivity contribution in [2.45, 2.75) is 18.4 Å². The van der Waals surface area contributed by atoms with E-state index in [4.69, 9.17) is 10.00 Å². The number of carboxylic acid groups (broad SMARTS) is 1. The van der Waals surface area contributed by atoms with Gasteiger partial charge < -0.3 is 9.84 Å². The van der Waals surface area contributed by atoms with Crippen LogP contribution < -0.4 is 0 Å². The normalized spacial score (nSPS) is 12.9. The SMILES string of the molecule is CN(C(=O)OCC1c2ccccc2-c2ccccc21)C(Cc1ccc(C#N)cc1)C(=O)O. The van der Waals surface area contributed by atoms with Gasteiger partial charge >= 0.3 is 12.1 Å². The number of aliphatic carboxylic acids is 1. The summed E-state index contributed by atoms with van der Waals surface area (Å²) in [5, 5.41) is 18.6. The molecule has 0 aromatic heterocycles. The van der Waals surface area contributed by atoms with Crippen molar-refractivity contribution >= 4 is 12.1 Å². The second kappa shape index (κ2) is 8.94. The number of hydrogen-bond donors (Lipinski definition) is 1. The maximum atomic E-state index is 12.8. The summed E-state index contributed by atoms with van der Waals surface area (Å²) in [5.41, 5.74) is 5.65. The maximum Gasteiger partial charge on any atom is 0.410 e. The van der Waals surface area contributed by atoms with Crippen LogP contribution in [0.15, 0.2) is 72.8 Å². The van der Waals surface area contributed by atoms with Crippen LogP contribution >= 0.6 is 0 Å². The quantitative estimate of drug-likeness (QED) is 0.629. The minimum Gasteiger partial charge on any atom is -0.480 e. The molecule has 1 aliphatic carbocycles. The first kappa shape index (κ1) is 21.1. The van der Waals surface area contributed by atoms with Crippen LogP contribution in [0.1, 0.15) is 28.2 Å². The number of ether oxygens (including phenoxy) is 1. The average molecular weight is 426 g/mol. The van der Waals surface area contributed by atoms with E-state index in [1.807, 2.05) is 42.5 Å². The standard InChI is InChI=1S/C26H22N2O4/c1-28(24(25(29)30)14-17-10-12-18(15-27)13-11-17)26(31)32-16-23-21-8-4-2-6-19(21)20-7-3-5-9-22(20)23/h2-13,23-24H,14,16H2,1H3,(H,29,30). The molecule has 1 unspecified atom stereocenters. The molecule has 0 radical (unpaired) electrons. The predicted molar refractivity (Wildman–Crippen MR) is 119 cm³/mol. The van der Waals surface area contributed by atoms with E-state index in [1.165, 1.54) is 7.05 Å². The fourth-order valence-corrected chi connectivity index (χ4v) is 4.15. The minimum absolute atomic E-state index is 0.0958. The number of nitrogens with zero attached hydrogens (tertiary/aromatic N) is 2. The lowest BCUT2D eigenvalue weighted by Gasteiger charge is -2.25. The van der Waals surface area contributed by atoms with Crippen molar-refractivity contribution in [2.75, 3.05) is 13.7 Å². The molecule has 6 heteroatoms. The summed E-state index contributed by atoms with van der Waals surface area (Å²) in [6.45, 7) is 0.125. The van der Waals surface area contributed by atoms with E-state index in [2.05, 4.69) is 12.1 Å². The number of carbonyl (C=O) groups excluding carboxylic acids is 1. The van der Waals surface area contributed by atoms with Gasteiger partial charge in [0.05, 0.1) is 11.6 Å². The lowest BCUT2D eigenvalue weighted by molar-refractivity contribution is -0.142. The van der Waals surface area contributed by atoms with Gasteiger partial charge in [-0.15, -0.1) is 0 Å². The molecule has 3 aromatic carbocycles. The first-order valence-corrected chi connectivity index (χ1v) is 10.3. The molecule has 32 heavy (non-hydrogen) atoms. The Balaban J connectivity index is 1.47. The monoisotopic (exact) mass is 426 g/mol. The number of carboxylic acids is 1. The van der Waals surface area contributed by atoms with Crippen molar-refractivity contribution in [2.24, 2.45) is 0 Å². The van der Waals surface area contributed by atoms with Gasteiger partial charge in [0.1, 0.15) is 12.6 Å². The van der Waals surface area contributed by atoms with E-state index in [9.17, 15) is 14.7 Å². The number of likely N-dealkylation sites (N-methyl/N-ethyl adjacent to an activating group) is 1. The Morgan fingerprint density at radius 1 is 1.00 bits per heavy atom. The van der Waals surface area contributed by atoms with E-state index in [0.717, 1.165) is 32.7 Å². The van der Waals surface area contributed by atoms with Crippen LogP contribution in [-0.2, 0) is 16.0 Å². The largest absolute Gasteiger partial charge is 0.480 e. The molecule has 4 rings (SSSR count). The van der Waals surface area contributed by atoms with Crippen molar-refractivity contribution < 1.29 is 19.4 Å². The molecule has 160 valence electrons. The zero-order valence-corrected chi connectivity index (χ0v) is 17.6. The predicted octanol–water partition coefficient (Wildman–Crippen LogP) is 4.43. The summed E-state index contributed by atoms with van der Waals surface area (Å²) in [6.07, 6.45) is -0.574. The van der Waals surface area contributed by atoms with Crippen LogP contribution in [0, 0.1) is 11.3 Å². The molecule has 3 aromatic rings. The first-order valence-electron chi connectivity index (χ1n) is 10.3. The van der Waals surface area contributed by atoms with Gasteiger partial charge in [-0.1, -0.05) is 60.7 Å². The van der Waals surface area contributed by atoms with E-state index in [0.29, 0.717) is 5.56 Å². The average Bonchev–Trinajstić information content (AvgIpc) is 3.14. The highest BCUT2D eigenvalue weighted by molar-refractivity contribution is 5.81. The second-order valence-corrected chi connectivity index (χ2v) is 7.78. The summed E-state index contributed by atoms with van der Waals surface area (Å²) in [5.74, 6) is -1.22. The highest BCUT2D eigenvalue weighted by Gasteiger charge is 2.32. The number of fused-ring (bicyclic) bond motifs is 3. The topological polar surface area (TPSA) is 90.6 Å². The molecule has 0 bridgehead atoms. The van der Waals surface area contributed by atoms with Gasteiger partial charge in [-0.25, -0.2) is 9.59 Å². The number of carbonyl (C=O) groups is 2. The summed E-state index contributed by atoms with van der Waals surface area (Å²) in [7, 11) is 1.43. The van der Waals surface area contributed by atoms with Crippen LogP contribution in [0.4, 0.5) is 4.79 Å². The number of rotatable bonds is 6. The molecule has 0 spiro atoms. The third-order valence-corrected chi connectivity index (χ3v) is 5.89. The van der Waals surface area contributed by atoms with Gasteiger partial charge in [-0.2, -0.15) is 5.26 Å². The van der Waals surface area contributed by atoms with E-state index >= 15 is 0 Å². The second-order valence-electron chi connectivity index (χ2n) is 7.78. The number of amides is 1. The van der Waals surface area contributed by atoms with Gasteiger partial charge in [0, 0.05) is 19.4 Å². The Kier molecular flexibility index (Phi) is 5.91. The Hall–Kier alpha value is -4.11. The molecule has 1 atom stereocenters. The zero-order valence-electron chi connectivity index (χ0n) is 17.6. The molecule has 1 amide bonds. The van der Waals surface area contributed by atoms with Gasteiger partial charge in [-0.05, 0) is 39.9 Å². The molecule has 0 saturated carbocycles. The third-order valence-electron chi connectivity index (χ3n) is 5.89. The first-order chi connectivity index (χ1) is 15.5. The van der Waals surface area contributed by atoms with E-state index in [1.54, 1.807) is 24.3 Å². The molecular weight excluding hydrogens is 404 g/mol. The summed E-state index contributed by atoms with van der Waals surface area (Å²) >= 11 is 0. The fourth-order valence-electron chi connectivity index (χ4n) is 4.15. The molecule has 1 aliphatic rings. The van der Waals surface area contributed by atoms with Gasteiger partial charge in [0.25, 0.3) is 0 Å². The van der Waals surface area contributed by atoms with Crippen molar-refractivity contribution in [3.8, 4) is 17.2 Å². The fraction of sp³-hybridized carbons (Fsp3) is 0.192. The highest BCUT2D eigenvalue weighted by atomic mass is 16.6. The lowest BCUT2D eigenvalue weighted by Crippen LogP contribution is -2.44. The van der Waals surface area contributed by atoms with Gasteiger partial charge in [0.2, 0.25) is 0 Å². The molecule has 0 fully saturated rings. The van der Waals surface area contributed by atoms with E-state index < -0.39 is 18.1 Å². The van der Waals surface area contributed by atoms with Crippen LogP contribution in [0.5, 0.6) is 0 Å². The Morgan fingerprint density at radius 3 is 2.09 bits per heavy atom.